The minimum absolute atomic E-state index is 0.0470. The molecule has 0 fully saturated rings. The van der Waals surface area contributed by atoms with Crippen LogP contribution in [-0.4, -0.2) is 28.6 Å². The summed E-state index contributed by atoms with van der Waals surface area (Å²) in [6, 6.07) is 14.6. The fourth-order valence-electron chi connectivity index (χ4n) is 3.68. The molecule has 2 aromatic carbocycles. The molecular weight excluding hydrogens is 386 g/mol. The van der Waals surface area contributed by atoms with E-state index in [1.54, 1.807) is 0 Å². The van der Waals surface area contributed by atoms with Crippen LogP contribution < -0.4 is 10.1 Å². The third kappa shape index (κ3) is 6.33. The van der Waals surface area contributed by atoms with E-state index in [9.17, 15) is 4.79 Å². The molecule has 0 aliphatic carbocycles. The van der Waals surface area contributed by atoms with Crippen molar-refractivity contribution in [2.45, 2.75) is 59.9 Å². The maximum absolute atomic E-state index is 11.6. The Morgan fingerprint density at radius 2 is 1.90 bits per heavy atom. The highest BCUT2D eigenvalue weighted by Crippen LogP contribution is 2.21. The van der Waals surface area contributed by atoms with Crippen LogP contribution in [0.1, 0.15) is 50.1 Å². The van der Waals surface area contributed by atoms with Crippen molar-refractivity contribution in [3.05, 3.63) is 59.4 Å². The number of unbranched alkanes of at least 4 members (excludes halogenated alkanes) is 2. The predicted octanol–water partition coefficient (Wildman–Crippen LogP) is 5.22. The normalized spacial score (nSPS) is 11.3. The van der Waals surface area contributed by atoms with Crippen molar-refractivity contribution in [2.24, 2.45) is 5.92 Å². The number of para-hydroxylation sites is 2. The van der Waals surface area contributed by atoms with Crippen molar-refractivity contribution in [3.8, 4) is 5.75 Å². The fraction of sp³-hybridized carbons (Fsp3) is 0.462. The molecule has 0 unspecified atom stereocenters. The number of hydrogen-bond donors (Lipinski definition) is 1. The second-order valence-corrected chi connectivity index (χ2v) is 8.54. The summed E-state index contributed by atoms with van der Waals surface area (Å²) in [5.41, 5.74) is 4.56. The summed E-state index contributed by atoms with van der Waals surface area (Å²) in [7, 11) is 0. The van der Waals surface area contributed by atoms with Gasteiger partial charge in [-0.15, -0.1) is 0 Å². The number of rotatable bonds is 11. The van der Waals surface area contributed by atoms with Gasteiger partial charge in [0.15, 0.2) is 0 Å². The van der Waals surface area contributed by atoms with Crippen molar-refractivity contribution >= 4 is 16.9 Å². The first-order chi connectivity index (χ1) is 15.0. The quantitative estimate of drug-likeness (QED) is 0.432. The van der Waals surface area contributed by atoms with Gasteiger partial charge in [-0.25, -0.2) is 4.98 Å². The first-order valence-electron chi connectivity index (χ1n) is 11.4. The van der Waals surface area contributed by atoms with E-state index in [4.69, 9.17) is 9.72 Å². The Morgan fingerprint density at radius 3 is 2.71 bits per heavy atom. The highest BCUT2D eigenvalue weighted by atomic mass is 16.5. The molecule has 0 bridgehead atoms. The zero-order valence-corrected chi connectivity index (χ0v) is 19.3. The van der Waals surface area contributed by atoms with Crippen LogP contribution in [0.2, 0.25) is 0 Å². The molecule has 0 saturated carbocycles. The number of carbonyl (C=O) groups excluding carboxylic acids is 1. The number of aromatic nitrogens is 2. The summed E-state index contributed by atoms with van der Waals surface area (Å²) >= 11 is 0. The molecule has 3 rings (SSSR count). The highest BCUT2D eigenvalue weighted by Gasteiger charge is 2.11. The predicted molar refractivity (Wildman–Crippen MR) is 127 cm³/mol. The van der Waals surface area contributed by atoms with Crippen LogP contribution in [0.4, 0.5) is 0 Å². The third-order valence-electron chi connectivity index (χ3n) is 5.55. The maximum atomic E-state index is 11.6. The van der Waals surface area contributed by atoms with Gasteiger partial charge in [0, 0.05) is 18.9 Å². The van der Waals surface area contributed by atoms with E-state index in [0.29, 0.717) is 6.61 Å². The van der Waals surface area contributed by atoms with Gasteiger partial charge in [-0.2, -0.15) is 0 Å². The molecular formula is C26H35N3O2. The van der Waals surface area contributed by atoms with Gasteiger partial charge in [0.2, 0.25) is 5.91 Å². The van der Waals surface area contributed by atoms with E-state index >= 15 is 0 Å². The van der Waals surface area contributed by atoms with Crippen LogP contribution in [0.3, 0.4) is 0 Å². The van der Waals surface area contributed by atoms with Gasteiger partial charge in [-0.3, -0.25) is 4.79 Å². The fourth-order valence-corrected chi connectivity index (χ4v) is 3.68. The lowest BCUT2D eigenvalue weighted by atomic mass is 10.1. The van der Waals surface area contributed by atoms with E-state index in [1.807, 2.05) is 19.9 Å². The first kappa shape index (κ1) is 22.9. The number of nitrogens with one attached hydrogen (secondary N) is 1. The Morgan fingerprint density at radius 1 is 1.10 bits per heavy atom. The summed E-state index contributed by atoms with van der Waals surface area (Å²) in [6.07, 6.45) is 4.05. The smallest absolute Gasteiger partial charge is 0.222 e. The zero-order valence-electron chi connectivity index (χ0n) is 19.3. The standard InChI is InChI=1S/C26H35N3O2/c1-19(2)26(30)27-15-9-5-6-12-25-28-22-10-7-8-11-23(22)29(25)16-17-31-24-18-20(3)13-14-21(24)4/h7-8,10-11,13-14,18-19H,5-6,9,12,15-17H2,1-4H3,(H,27,30). The Balaban J connectivity index is 1.57. The summed E-state index contributed by atoms with van der Waals surface area (Å²) in [4.78, 5) is 16.5. The minimum atomic E-state index is 0.0470. The highest BCUT2D eigenvalue weighted by molar-refractivity contribution is 5.77. The largest absolute Gasteiger partial charge is 0.491 e. The summed E-state index contributed by atoms with van der Waals surface area (Å²) < 4.78 is 8.40. The Kier molecular flexibility index (Phi) is 8.10. The summed E-state index contributed by atoms with van der Waals surface area (Å²) in [5, 5.41) is 2.99. The number of benzene rings is 2. The molecule has 1 N–H and O–H groups in total. The van der Waals surface area contributed by atoms with Gasteiger partial charge in [-0.1, -0.05) is 44.5 Å². The van der Waals surface area contributed by atoms with E-state index in [-0.39, 0.29) is 11.8 Å². The molecule has 1 amide bonds. The van der Waals surface area contributed by atoms with Crippen LogP contribution in [0, 0.1) is 19.8 Å². The van der Waals surface area contributed by atoms with Gasteiger partial charge in [-0.05, 0) is 56.0 Å². The molecule has 0 saturated heterocycles. The lowest BCUT2D eigenvalue weighted by Gasteiger charge is -2.13. The van der Waals surface area contributed by atoms with Crippen LogP contribution in [0.25, 0.3) is 11.0 Å². The number of imidazole rings is 1. The van der Waals surface area contributed by atoms with Crippen molar-refractivity contribution < 1.29 is 9.53 Å². The van der Waals surface area contributed by atoms with Crippen molar-refractivity contribution in [1.82, 2.24) is 14.9 Å². The van der Waals surface area contributed by atoms with Gasteiger partial charge >= 0.3 is 0 Å². The monoisotopic (exact) mass is 421 g/mol. The molecule has 0 aliphatic heterocycles. The van der Waals surface area contributed by atoms with E-state index in [2.05, 4.69) is 60.1 Å². The second kappa shape index (κ2) is 11.0. The van der Waals surface area contributed by atoms with Crippen LogP contribution in [0.15, 0.2) is 42.5 Å². The van der Waals surface area contributed by atoms with Gasteiger partial charge < -0.3 is 14.6 Å². The summed E-state index contributed by atoms with van der Waals surface area (Å²) in [5.74, 6) is 2.24. The SMILES string of the molecule is Cc1ccc(C)c(OCCn2c(CCCCCNC(=O)C(C)C)nc3ccccc32)c1. The number of fused-ring (bicyclic) bond motifs is 1. The van der Waals surface area contributed by atoms with E-state index < -0.39 is 0 Å². The number of amides is 1. The van der Waals surface area contributed by atoms with E-state index in [0.717, 1.165) is 66.9 Å². The van der Waals surface area contributed by atoms with E-state index in [1.165, 1.54) is 5.56 Å². The Labute approximate surface area is 185 Å². The molecule has 0 atom stereocenters. The molecule has 31 heavy (non-hydrogen) atoms. The minimum Gasteiger partial charge on any atom is -0.491 e. The number of hydrogen-bond acceptors (Lipinski definition) is 3. The first-order valence-corrected chi connectivity index (χ1v) is 11.4. The molecule has 3 aromatic rings. The molecule has 0 aliphatic rings. The lowest BCUT2D eigenvalue weighted by molar-refractivity contribution is -0.123. The third-order valence-corrected chi connectivity index (χ3v) is 5.55. The zero-order chi connectivity index (χ0) is 22.2. The molecule has 5 nitrogen and oxygen atoms in total. The molecule has 5 heteroatoms. The molecule has 166 valence electrons. The van der Waals surface area contributed by atoms with Gasteiger partial charge in [0.25, 0.3) is 0 Å². The number of nitrogens with zero attached hydrogens (tertiary/aromatic N) is 2. The van der Waals surface area contributed by atoms with Crippen molar-refractivity contribution in [1.29, 1.82) is 0 Å². The molecule has 0 spiro atoms. The molecule has 1 aromatic heterocycles. The second-order valence-electron chi connectivity index (χ2n) is 8.54. The summed E-state index contributed by atoms with van der Waals surface area (Å²) in [6.45, 7) is 10.1. The van der Waals surface area contributed by atoms with Crippen LogP contribution in [0.5, 0.6) is 5.75 Å². The van der Waals surface area contributed by atoms with Gasteiger partial charge in [0.1, 0.15) is 18.2 Å². The molecule has 0 radical (unpaired) electrons. The van der Waals surface area contributed by atoms with Gasteiger partial charge in [0.05, 0.1) is 17.6 Å². The molecule has 1 heterocycles. The average Bonchev–Trinajstić information content (AvgIpc) is 3.10. The maximum Gasteiger partial charge on any atom is 0.222 e. The van der Waals surface area contributed by atoms with Crippen molar-refractivity contribution in [3.63, 3.8) is 0 Å². The van der Waals surface area contributed by atoms with Crippen LogP contribution in [-0.2, 0) is 17.8 Å². The number of carbonyl (C=O) groups is 1. The van der Waals surface area contributed by atoms with Crippen molar-refractivity contribution in [2.75, 3.05) is 13.2 Å². The Bertz CT molecular complexity index is 1010. The average molecular weight is 422 g/mol. The number of ether oxygens (including phenoxy) is 1. The number of aryl methyl sites for hydroxylation is 3. The Hall–Kier alpha value is -2.82. The van der Waals surface area contributed by atoms with Crippen LogP contribution >= 0.6 is 0 Å². The topological polar surface area (TPSA) is 56.1 Å². The lowest BCUT2D eigenvalue weighted by Crippen LogP contribution is -2.28.